The van der Waals surface area contributed by atoms with E-state index < -0.39 is 0 Å². The van der Waals surface area contributed by atoms with Gasteiger partial charge < -0.3 is 0 Å². The zero-order valence-corrected chi connectivity index (χ0v) is 22.4. The van der Waals surface area contributed by atoms with Crippen molar-refractivity contribution in [3.05, 3.63) is 89.3 Å². The molecular weight excluding hydrogens is 439 g/mol. The first-order chi connectivity index (χ1) is 17.6. The van der Waals surface area contributed by atoms with Crippen molar-refractivity contribution in [3.8, 4) is 0 Å². The lowest BCUT2D eigenvalue weighted by Gasteiger charge is -2.36. The van der Waals surface area contributed by atoms with Crippen molar-refractivity contribution < 1.29 is 4.39 Å². The molecule has 0 radical (unpaired) electrons. The zero-order chi connectivity index (χ0) is 24.9. The fraction of sp³-hybridized carbons (Fsp3) is 0.543. The van der Waals surface area contributed by atoms with Gasteiger partial charge in [0.2, 0.25) is 0 Å². The van der Waals surface area contributed by atoms with E-state index in [2.05, 4.69) is 56.0 Å². The highest BCUT2D eigenvalue weighted by Crippen LogP contribution is 2.44. The summed E-state index contributed by atoms with van der Waals surface area (Å²) in [6.07, 6.45) is 20.6. The summed E-state index contributed by atoms with van der Waals surface area (Å²) >= 11 is 0. The van der Waals surface area contributed by atoms with Crippen molar-refractivity contribution in [1.82, 2.24) is 0 Å². The topological polar surface area (TPSA) is 0 Å². The molecule has 2 saturated carbocycles. The van der Waals surface area contributed by atoms with Crippen molar-refractivity contribution in [2.45, 2.75) is 102 Å². The lowest BCUT2D eigenvalue weighted by molar-refractivity contribution is 0.220. The molecule has 3 aliphatic rings. The van der Waals surface area contributed by atoms with Crippen LogP contribution in [0.5, 0.6) is 0 Å². The quantitative estimate of drug-likeness (QED) is 0.343. The minimum absolute atomic E-state index is 0.00882. The average molecular weight is 485 g/mol. The van der Waals surface area contributed by atoms with Crippen LogP contribution in [0.4, 0.5) is 4.39 Å². The third kappa shape index (κ3) is 5.87. The van der Waals surface area contributed by atoms with Crippen LogP contribution in [0, 0.1) is 23.6 Å². The van der Waals surface area contributed by atoms with Gasteiger partial charge in [-0.3, -0.25) is 0 Å². The van der Waals surface area contributed by atoms with Gasteiger partial charge in [-0.25, -0.2) is 4.39 Å². The van der Waals surface area contributed by atoms with Crippen LogP contribution < -0.4 is 0 Å². The maximum Gasteiger partial charge on any atom is 0.126 e. The molecule has 0 saturated heterocycles. The molecule has 0 N–H and O–H groups in total. The Morgan fingerprint density at radius 2 is 1.47 bits per heavy atom. The number of allylic oxidation sites excluding steroid dienone is 3. The van der Waals surface area contributed by atoms with Gasteiger partial charge in [0.1, 0.15) is 5.82 Å². The summed E-state index contributed by atoms with van der Waals surface area (Å²) in [5, 5.41) is 0. The number of hydrogen-bond donors (Lipinski definition) is 0. The normalized spacial score (nSPS) is 28.9. The van der Waals surface area contributed by atoms with E-state index in [9.17, 15) is 4.39 Å². The zero-order valence-electron chi connectivity index (χ0n) is 22.4. The summed E-state index contributed by atoms with van der Waals surface area (Å²) in [6, 6.07) is 15.7. The SMILES string of the molecule is C=CC1CCC(c2ccc(C3=CCC(C4CCC(c5ccc(CCC)c(F)c5)CC4)CC3)cc2)CC1. The summed E-state index contributed by atoms with van der Waals surface area (Å²) < 4.78 is 14.5. The van der Waals surface area contributed by atoms with Crippen LogP contribution in [-0.2, 0) is 6.42 Å². The fourth-order valence-corrected chi connectivity index (χ4v) is 7.42. The third-order valence-electron chi connectivity index (χ3n) is 9.82. The maximum absolute atomic E-state index is 14.5. The molecule has 0 nitrogen and oxygen atoms in total. The smallest absolute Gasteiger partial charge is 0.126 e. The molecular formula is C35H45F. The van der Waals surface area contributed by atoms with Crippen molar-refractivity contribution in [3.63, 3.8) is 0 Å². The highest BCUT2D eigenvalue weighted by Gasteiger charge is 2.30. The number of rotatable bonds is 7. The van der Waals surface area contributed by atoms with Crippen molar-refractivity contribution in [2.24, 2.45) is 17.8 Å². The fourth-order valence-electron chi connectivity index (χ4n) is 7.42. The van der Waals surface area contributed by atoms with E-state index in [1.807, 2.05) is 12.1 Å². The van der Waals surface area contributed by atoms with E-state index in [1.165, 1.54) is 87.3 Å². The van der Waals surface area contributed by atoms with Gasteiger partial charge in [0.15, 0.2) is 0 Å². The van der Waals surface area contributed by atoms with Gasteiger partial charge in [-0.15, -0.1) is 6.58 Å². The molecule has 1 atom stereocenters. The first-order valence-corrected chi connectivity index (χ1v) is 14.8. The lowest BCUT2D eigenvalue weighted by Crippen LogP contribution is -2.22. The Morgan fingerprint density at radius 1 is 0.806 bits per heavy atom. The lowest BCUT2D eigenvalue weighted by atomic mass is 9.70. The highest BCUT2D eigenvalue weighted by atomic mass is 19.1. The van der Waals surface area contributed by atoms with Crippen molar-refractivity contribution in [2.75, 3.05) is 0 Å². The van der Waals surface area contributed by atoms with Gasteiger partial charge in [0.05, 0.1) is 0 Å². The molecule has 0 aliphatic heterocycles. The van der Waals surface area contributed by atoms with E-state index in [4.69, 9.17) is 0 Å². The Hall–Kier alpha value is -2.15. The van der Waals surface area contributed by atoms with Gasteiger partial charge in [-0.05, 0) is 141 Å². The van der Waals surface area contributed by atoms with E-state index >= 15 is 0 Å². The van der Waals surface area contributed by atoms with E-state index in [0.717, 1.165) is 42.1 Å². The van der Waals surface area contributed by atoms with Crippen LogP contribution in [0.15, 0.2) is 61.2 Å². The molecule has 1 heteroatoms. The standard InChI is InChI=1S/C35H45F/c1-3-5-33-22-23-34(24-35(33)36)32-20-18-31(19-21-32)30-16-14-29(15-17-30)28-12-10-27(11-13-28)26-8-6-25(4-2)7-9-26/h4,10-14,22-26,30-32H,2-3,5-9,15-21H2,1H3. The number of hydrogen-bond acceptors (Lipinski definition) is 0. The van der Waals surface area contributed by atoms with Gasteiger partial charge >= 0.3 is 0 Å². The van der Waals surface area contributed by atoms with E-state index in [-0.39, 0.29) is 5.82 Å². The molecule has 5 rings (SSSR count). The number of halogens is 1. The van der Waals surface area contributed by atoms with Gasteiger partial charge in [-0.2, -0.15) is 0 Å². The summed E-state index contributed by atoms with van der Waals surface area (Å²) in [5.74, 6) is 3.70. The Morgan fingerprint density at radius 3 is 2.08 bits per heavy atom. The largest absolute Gasteiger partial charge is 0.207 e. The first-order valence-electron chi connectivity index (χ1n) is 14.8. The summed E-state index contributed by atoms with van der Waals surface area (Å²) in [7, 11) is 0. The second-order valence-corrected chi connectivity index (χ2v) is 11.9. The Labute approximate surface area is 219 Å². The Kier molecular flexibility index (Phi) is 8.45. The first kappa shape index (κ1) is 25.5. The van der Waals surface area contributed by atoms with Crippen LogP contribution in [0.2, 0.25) is 0 Å². The molecule has 2 fully saturated rings. The molecule has 0 aromatic heterocycles. The molecule has 2 aromatic carbocycles. The monoisotopic (exact) mass is 484 g/mol. The van der Waals surface area contributed by atoms with Gasteiger partial charge in [-0.1, -0.05) is 61.9 Å². The van der Waals surface area contributed by atoms with Gasteiger partial charge in [0.25, 0.3) is 0 Å². The van der Waals surface area contributed by atoms with Crippen LogP contribution in [0.1, 0.15) is 118 Å². The number of aryl methyl sites for hydroxylation is 1. The van der Waals surface area contributed by atoms with Crippen LogP contribution in [0.25, 0.3) is 5.57 Å². The molecule has 1 unspecified atom stereocenters. The van der Waals surface area contributed by atoms with Crippen LogP contribution in [-0.4, -0.2) is 0 Å². The highest BCUT2D eigenvalue weighted by molar-refractivity contribution is 5.66. The summed E-state index contributed by atoms with van der Waals surface area (Å²) in [6.45, 7) is 6.10. The predicted molar refractivity (Wildman–Crippen MR) is 152 cm³/mol. The average Bonchev–Trinajstić information content (AvgIpc) is 2.95. The molecule has 36 heavy (non-hydrogen) atoms. The Bertz CT molecular complexity index is 1030. The minimum Gasteiger partial charge on any atom is -0.207 e. The van der Waals surface area contributed by atoms with Crippen LogP contribution in [0.3, 0.4) is 0 Å². The molecule has 3 aliphatic carbocycles. The molecule has 0 heterocycles. The predicted octanol–water partition coefficient (Wildman–Crippen LogP) is 10.4. The third-order valence-corrected chi connectivity index (χ3v) is 9.82. The van der Waals surface area contributed by atoms with Crippen molar-refractivity contribution in [1.29, 1.82) is 0 Å². The molecule has 0 spiro atoms. The van der Waals surface area contributed by atoms with E-state index in [1.54, 1.807) is 5.57 Å². The summed E-state index contributed by atoms with van der Waals surface area (Å²) in [5.41, 5.74) is 6.64. The Balaban J connectivity index is 1.12. The number of benzene rings is 2. The van der Waals surface area contributed by atoms with Crippen molar-refractivity contribution >= 4 is 5.57 Å². The second kappa shape index (κ2) is 11.9. The second-order valence-electron chi connectivity index (χ2n) is 11.9. The van der Waals surface area contributed by atoms with E-state index in [0.29, 0.717) is 5.92 Å². The van der Waals surface area contributed by atoms with Crippen LogP contribution >= 0.6 is 0 Å². The van der Waals surface area contributed by atoms with Gasteiger partial charge in [0, 0.05) is 0 Å². The minimum atomic E-state index is 0.00882. The molecule has 0 bridgehead atoms. The molecule has 2 aromatic rings. The molecule has 0 amide bonds. The maximum atomic E-state index is 14.5. The molecule has 192 valence electrons. The summed E-state index contributed by atoms with van der Waals surface area (Å²) in [4.78, 5) is 0.